The monoisotopic (exact) mass is 369 g/mol. The minimum Gasteiger partial charge on any atom is -0.481 e. The first-order valence-corrected chi connectivity index (χ1v) is 9.71. The third-order valence-electron chi connectivity index (χ3n) is 5.64. The zero-order chi connectivity index (χ0) is 18.8. The Morgan fingerprint density at radius 2 is 2.22 bits per heavy atom. The SMILES string of the molecule is COc1ncccc1CN1CCn2cc(CC(=O)NC3CCC3)nc2[C@H]1C. The van der Waals surface area contributed by atoms with E-state index in [9.17, 15) is 4.79 Å². The maximum absolute atomic E-state index is 12.2. The van der Waals surface area contributed by atoms with Gasteiger partial charge in [-0.3, -0.25) is 9.69 Å². The van der Waals surface area contributed by atoms with Crippen LogP contribution in [0.25, 0.3) is 0 Å². The third kappa shape index (κ3) is 3.83. The van der Waals surface area contributed by atoms with Gasteiger partial charge in [0.25, 0.3) is 0 Å². The second kappa shape index (κ2) is 7.68. The second-order valence-electron chi connectivity index (χ2n) is 7.47. The number of nitrogens with zero attached hydrogens (tertiary/aromatic N) is 4. The number of imidazole rings is 1. The Kier molecular flexibility index (Phi) is 5.11. The van der Waals surface area contributed by atoms with Gasteiger partial charge < -0.3 is 14.6 Å². The molecule has 2 aromatic heterocycles. The van der Waals surface area contributed by atoms with Crippen molar-refractivity contribution in [3.05, 3.63) is 41.6 Å². The fraction of sp³-hybridized carbons (Fsp3) is 0.550. The number of fused-ring (bicyclic) bond motifs is 1. The molecule has 1 aliphatic carbocycles. The molecule has 7 nitrogen and oxygen atoms in total. The lowest BCUT2D eigenvalue weighted by Crippen LogP contribution is -2.40. The van der Waals surface area contributed by atoms with Gasteiger partial charge in [0.1, 0.15) is 5.82 Å². The normalized spacial score (nSPS) is 20.0. The van der Waals surface area contributed by atoms with Gasteiger partial charge in [-0.25, -0.2) is 9.97 Å². The van der Waals surface area contributed by atoms with Crippen molar-refractivity contribution in [1.82, 2.24) is 24.8 Å². The van der Waals surface area contributed by atoms with Crippen LogP contribution in [0.4, 0.5) is 0 Å². The van der Waals surface area contributed by atoms with Gasteiger partial charge in [0.05, 0.1) is 25.3 Å². The standard InChI is InChI=1S/C20H27N5O2/c1-14-19-23-17(11-18(26)22-16-6-3-7-16)13-25(19)10-9-24(14)12-15-5-4-8-21-20(15)27-2/h4-5,8,13-14,16H,3,6-7,9-12H2,1-2H3,(H,22,26)/t14-/m1/s1. The van der Waals surface area contributed by atoms with Crippen molar-refractivity contribution in [2.45, 2.75) is 57.8 Å². The largest absolute Gasteiger partial charge is 0.481 e. The molecule has 2 aliphatic rings. The summed E-state index contributed by atoms with van der Waals surface area (Å²) in [6.45, 7) is 4.73. The maximum atomic E-state index is 12.2. The summed E-state index contributed by atoms with van der Waals surface area (Å²) in [5, 5.41) is 3.09. The quantitative estimate of drug-likeness (QED) is 0.844. The van der Waals surface area contributed by atoms with Crippen LogP contribution < -0.4 is 10.1 Å². The van der Waals surface area contributed by atoms with Crippen molar-refractivity contribution in [2.24, 2.45) is 0 Å². The summed E-state index contributed by atoms with van der Waals surface area (Å²) in [6.07, 6.45) is 7.58. The van der Waals surface area contributed by atoms with E-state index >= 15 is 0 Å². The number of hydrogen-bond donors (Lipinski definition) is 1. The summed E-state index contributed by atoms with van der Waals surface area (Å²) >= 11 is 0. The lowest BCUT2D eigenvalue weighted by Gasteiger charge is -2.33. The maximum Gasteiger partial charge on any atom is 0.226 e. The Bertz CT molecular complexity index is 814. The molecule has 4 rings (SSSR count). The van der Waals surface area contributed by atoms with E-state index in [1.54, 1.807) is 13.3 Å². The molecule has 0 saturated heterocycles. The van der Waals surface area contributed by atoms with E-state index in [0.717, 1.165) is 49.6 Å². The fourth-order valence-corrected chi connectivity index (χ4v) is 3.84. The number of nitrogens with one attached hydrogen (secondary N) is 1. The summed E-state index contributed by atoms with van der Waals surface area (Å²) in [4.78, 5) is 23.6. The molecule has 2 aromatic rings. The first kappa shape index (κ1) is 18.0. The van der Waals surface area contributed by atoms with Gasteiger partial charge in [-0.1, -0.05) is 6.07 Å². The predicted molar refractivity (Wildman–Crippen MR) is 101 cm³/mol. The second-order valence-corrected chi connectivity index (χ2v) is 7.47. The van der Waals surface area contributed by atoms with E-state index in [2.05, 4.69) is 32.8 Å². The van der Waals surface area contributed by atoms with Crippen LogP contribution in [0.1, 0.15) is 49.3 Å². The molecule has 1 atom stereocenters. The Morgan fingerprint density at radius 1 is 1.37 bits per heavy atom. The zero-order valence-corrected chi connectivity index (χ0v) is 16.0. The van der Waals surface area contributed by atoms with E-state index in [1.807, 2.05) is 12.3 Å². The number of ether oxygens (including phenoxy) is 1. The van der Waals surface area contributed by atoms with E-state index in [1.165, 1.54) is 6.42 Å². The highest BCUT2D eigenvalue weighted by Gasteiger charge is 2.28. The molecule has 0 radical (unpaired) electrons. The van der Waals surface area contributed by atoms with Gasteiger partial charge >= 0.3 is 0 Å². The summed E-state index contributed by atoms with van der Waals surface area (Å²) < 4.78 is 7.57. The number of amides is 1. The number of pyridine rings is 1. The highest BCUT2D eigenvalue weighted by molar-refractivity contribution is 5.78. The van der Waals surface area contributed by atoms with E-state index < -0.39 is 0 Å². The van der Waals surface area contributed by atoms with Crippen LogP contribution in [0.3, 0.4) is 0 Å². The lowest BCUT2D eigenvalue weighted by molar-refractivity contribution is -0.121. The summed E-state index contributed by atoms with van der Waals surface area (Å²) in [5.74, 6) is 1.78. The van der Waals surface area contributed by atoms with Crippen molar-refractivity contribution in [1.29, 1.82) is 0 Å². The van der Waals surface area contributed by atoms with Crippen LogP contribution in [0.15, 0.2) is 24.5 Å². The molecule has 0 bridgehead atoms. The minimum absolute atomic E-state index is 0.0831. The average Bonchev–Trinajstić information content (AvgIpc) is 3.04. The van der Waals surface area contributed by atoms with Crippen LogP contribution in [0.2, 0.25) is 0 Å². The summed E-state index contributed by atoms with van der Waals surface area (Å²) in [7, 11) is 1.65. The third-order valence-corrected chi connectivity index (χ3v) is 5.64. The number of carbonyl (C=O) groups is 1. The van der Waals surface area contributed by atoms with Crippen molar-refractivity contribution < 1.29 is 9.53 Å². The molecule has 1 N–H and O–H groups in total. The Hall–Kier alpha value is -2.41. The fourth-order valence-electron chi connectivity index (χ4n) is 3.84. The molecular formula is C20H27N5O2. The van der Waals surface area contributed by atoms with E-state index in [-0.39, 0.29) is 11.9 Å². The predicted octanol–water partition coefficient (Wildman–Crippen LogP) is 2.07. The molecule has 0 unspecified atom stereocenters. The molecule has 7 heteroatoms. The molecule has 1 fully saturated rings. The molecule has 0 spiro atoms. The van der Waals surface area contributed by atoms with Crippen LogP contribution in [0, 0.1) is 0 Å². The van der Waals surface area contributed by atoms with Crippen LogP contribution in [-0.4, -0.2) is 45.0 Å². The number of aromatic nitrogens is 3. The number of carbonyl (C=O) groups excluding carboxylic acids is 1. The van der Waals surface area contributed by atoms with Gasteiger partial charge in [-0.15, -0.1) is 0 Å². The molecular weight excluding hydrogens is 342 g/mol. The summed E-state index contributed by atoms with van der Waals surface area (Å²) in [5.41, 5.74) is 1.93. The number of methoxy groups -OCH3 is 1. The van der Waals surface area contributed by atoms with Crippen molar-refractivity contribution >= 4 is 5.91 Å². The first-order valence-electron chi connectivity index (χ1n) is 9.71. The Morgan fingerprint density at radius 3 is 2.96 bits per heavy atom. The van der Waals surface area contributed by atoms with Crippen LogP contribution in [0.5, 0.6) is 5.88 Å². The minimum atomic E-state index is 0.0831. The van der Waals surface area contributed by atoms with Gasteiger partial charge in [-0.2, -0.15) is 0 Å². The summed E-state index contributed by atoms with van der Waals surface area (Å²) in [6, 6.07) is 4.54. The average molecular weight is 369 g/mol. The lowest BCUT2D eigenvalue weighted by atomic mass is 9.93. The highest BCUT2D eigenvalue weighted by atomic mass is 16.5. The van der Waals surface area contributed by atoms with Gasteiger partial charge in [0.15, 0.2) is 0 Å². The highest BCUT2D eigenvalue weighted by Crippen LogP contribution is 2.28. The molecule has 0 aromatic carbocycles. The van der Waals surface area contributed by atoms with Crippen molar-refractivity contribution in [2.75, 3.05) is 13.7 Å². The van der Waals surface area contributed by atoms with Crippen molar-refractivity contribution in [3.63, 3.8) is 0 Å². The smallest absolute Gasteiger partial charge is 0.226 e. The van der Waals surface area contributed by atoms with E-state index in [4.69, 9.17) is 9.72 Å². The molecule has 3 heterocycles. The number of rotatable bonds is 6. The molecule has 144 valence electrons. The molecule has 27 heavy (non-hydrogen) atoms. The van der Waals surface area contributed by atoms with Gasteiger partial charge in [-0.05, 0) is 32.3 Å². The van der Waals surface area contributed by atoms with Crippen LogP contribution >= 0.6 is 0 Å². The van der Waals surface area contributed by atoms with Gasteiger partial charge in [0.2, 0.25) is 11.8 Å². The van der Waals surface area contributed by atoms with E-state index in [0.29, 0.717) is 18.3 Å². The van der Waals surface area contributed by atoms with Crippen LogP contribution in [-0.2, 0) is 24.3 Å². The number of hydrogen-bond acceptors (Lipinski definition) is 5. The van der Waals surface area contributed by atoms with Gasteiger partial charge in [0, 0.05) is 43.6 Å². The molecule has 1 aliphatic heterocycles. The van der Waals surface area contributed by atoms with Crippen molar-refractivity contribution in [3.8, 4) is 5.88 Å². The Labute approximate surface area is 159 Å². The topological polar surface area (TPSA) is 72.3 Å². The molecule has 1 amide bonds. The Balaban J connectivity index is 1.43. The molecule has 1 saturated carbocycles. The zero-order valence-electron chi connectivity index (χ0n) is 16.0. The first-order chi connectivity index (χ1) is 13.1.